The summed E-state index contributed by atoms with van der Waals surface area (Å²) in [5.41, 5.74) is 6.90. The first kappa shape index (κ1) is 19.1. The van der Waals surface area contributed by atoms with Gasteiger partial charge in [0.05, 0.1) is 27.7 Å². The first-order valence-corrected chi connectivity index (χ1v) is 10.1. The molecule has 7 nitrogen and oxygen atoms in total. The maximum absolute atomic E-state index is 12.9. The first-order valence-electron chi connectivity index (χ1n) is 8.83. The van der Waals surface area contributed by atoms with E-state index in [1.54, 1.807) is 35.1 Å². The molecule has 0 aliphatic carbocycles. The van der Waals surface area contributed by atoms with Gasteiger partial charge in [0.2, 0.25) is 0 Å². The minimum Gasteiger partial charge on any atom is -0.267 e. The lowest BCUT2D eigenvalue weighted by molar-refractivity contribution is 0.0847. The number of amides is 2. The van der Waals surface area contributed by atoms with Gasteiger partial charge in [-0.3, -0.25) is 20.4 Å². The van der Waals surface area contributed by atoms with Crippen LogP contribution in [0.15, 0.2) is 54.0 Å². The van der Waals surface area contributed by atoms with Gasteiger partial charge < -0.3 is 0 Å². The molecule has 2 N–H and O–H groups in total. The smallest absolute Gasteiger partial charge is 0.267 e. The van der Waals surface area contributed by atoms with Crippen LogP contribution in [0.3, 0.4) is 0 Å². The van der Waals surface area contributed by atoms with E-state index >= 15 is 0 Å². The molecule has 0 unspecified atom stereocenters. The van der Waals surface area contributed by atoms with Crippen LogP contribution in [0.2, 0.25) is 5.02 Å². The number of nitrogens with one attached hydrogen (secondary N) is 2. The van der Waals surface area contributed by atoms with Crippen molar-refractivity contribution in [1.29, 1.82) is 0 Å². The number of rotatable bonds is 4. The molecular formula is C20H16ClN5O2S. The van der Waals surface area contributed by atoms with Gasteiger partial charge in [-0.1, -0.05) is 23.7 Å². The number of hydrogen-bond acceptors (Lipinski definition) is 5. The average molecular weight is 426 g/mol. The highest BCUT2D eigenvalue weighted by atomic mass is 35.5. The number of aryl methyl sites for hydroxylation is 1. The first-order chi connectivity index (χ1) is 14.1. The quantitative estimate of drug-likeness (QED) is 0.485. The largest absolute Gasteiger partial charge is 0.270 e. The number of carbonyl (C=O) groups is 2. The Hall–Kier alpha value is -3.23. The summed E-state index contributed by atoms with van der Waals surface area (Å²) in [4.78, 5) is 30.8. The highest BCUT2D eigenvalue weighted by molar-refractivity contribution is 7.13. The van der Waals surface area contributed by atoms with Gasteiger partial charge in [-0.05, 0) is 42.6 Å². The molecule has 3 heterocycles. The Bertz CT molecular complexity index is 1200. The molecule has 29 heavy (non-hydrogen) atoms. The lowest BCUT2D eigenvalue weighted by Crippen LogP contribution is -2.41. The number of aromatic nitrogens is 3. The molecule has 0 radical (unpaired) electrons. The van der Waals surface area contributed by atoms with E-state index in [-0.39, 0.29) is 0 Å². The van der Waals surface area contributed by atoms with Crippen molar-refractivity contribution >= 4 is 45.8 Å². The van der Waals surface area contributed by atoms with E-state index < -0.39 is 11.8 Å². The predicted molar refractivity (Wildman–Crippen MR) is 113 cm³/mol. The summed E-state index contributed by atoms with van der Waals surface area (Å²) in [6.07, 6.45) is 1.61. The fourth-order valence-electron chi connectivity index (χ4n) is 2.90. The van der Waals surface area contributed by atoms with Gasteiger partial charge in [0.15, 0.2) is 5.65 Å². The second kappa shape index (κ2) is 8.02. The third-order valence-corrected chi connectivity index (χ3v) is 5.43. The van der Waals surface area contributed by atoms with E-state index in [2.05, 4.69) is 20.9 Å². The Labute approximate surface area is 175 Å². The number of fused-ring (bicyclic) bond motifs is 1. The molecule has 9 heteroatoms. The maximum Gasteiger partial charge on any atom is 0.270 e. The Morgan fingerprint density at radius 3 is 2.69 bits per heavy atom. The Morgan fingerprint density at radius 1 is 1.14 bits per heavy atom. The minimum atomic E-state index is -0.464. The molecule has 3 aromatic heterocycles. The van der Waals surface area contributed by atoms with Gasteiger partial charge in [0.1, 0.15) is 0 Å². The summed E-state index contributed by atoms with van der Waals surface area (Å²) in [6, 6.07) is 12.0. The van der Waals surface area contributed by atoms with E-state index in [9.17, 15) is 9.59 Å². The number of pyridine rings is 1. The molecular weight excluding hydrogens is 410 g/mol. The van der Waals surface area contributed by atoms with Crippen molar-refractivity contribution in [3.05, 3.63) is 70.2 Å². The van der Waals surface area contributed by atoms with Crippen LogP contribution in [-0.2, 0) is 6.54 Å². The molecule has 4 aromatic rings. The SMILES string of the molecule is CCn1ncc2c(C(=O)NNC(=O)c3cccc(Cl)c3)cc(-c3cccs3)nc21. The summed E-state index contributed by atoms with van der Waals surface area (Å²) in [5, 5.41) is 7.31. The molecule has 1 aromatic carbocycles. The van der Waals surface area contributed by atoms with E-state index in [1.807, 2.05) is 24.4 Å². The van der Waals surface area contributed by atoms with Crippen LogP contribution in [0, 0.1) is 0 Å². The van der Waals surface area contributed by atoms with E-state index in [0.29, 0.717) is 39.4 Å². The normalized spacial score (nSPS) is 10.8. The Balaban J connectivity index is 1.64. The third-order valence-electron chi connectivity index (χ3n) is 4.30. The molecule has 4 rings (SSSR count). The lowest BCUT2D eigenvalue weighted by atomic mass is 10.1. The zero-order valence-corrected chi connectivity index (χ0v) is 16.9. The van der Waals surface area contributed by atoms with Crippen LogP contribution in [0.25, 0.3) is 21.6 Å². The third kappa shape index (κ3) is 3.85. The summed E-state index contributed by atoms with van der Waals surface area (Å²) < 4.78 is 1.73. The van der Waals surface area contributed by atoms with E-state index in [4.69, 9.17) is 11.6 Å². The van der Waals surface area contributed by atoms with Crippen LogP contribution in [0.5, 0.6) is 0 Å². The molecule has 0 spiro atoms. The molecule has 0 atom stereocenters. The van der Waals surface area contributed by atoms with Gasteiger partial charge >= 0.3 is 0 Å². The number of halogens is 1. The summed E-state index contributed by atoms with van der Waals surface area (Å²) >= 11 is 7.44. The standard InChI is InChI=1S/C20H16ClN5O2S/c1-2-26-18-15(11-22-26)14(10-16(23-18)17-7-4-8-29-17)20(28)25-24-19(27)12-5-3-6-13(21)9-12/h3-11H,2H2,1H3,(H,24,27)(H,25,28). The minimum absolute atomic E-state index is 0.343. The maximum atomic E-state index is 12.9. The molecule has 2 amide bonds. The zero-order chi connectivity index (χ0) is 20.4. The van der Waals surface area contributed by atoms with Crippen molar-refractivity contribution in [2.24, 2.45) is 0 Å². The van der Waals surface area contributed by atoms with Crippen molar-refractivity contribution in [3.8, 4) is 10.6 Å². The highest BCUT2D eigenvalue weighted by Crippen LogP contribution is 2.27. The summed E-state index contributed by atoms with van der Waals surface area (Å²) in [5.74, 6) is -0.921. The Morgan fingerprint density at radius 2 is 1.97 bits per heavy atom. The zero-order valence-electron chi connectivity index (χ0n) is 15.3. The monoisotopic (exact) mass is 425 g/mol. The number of benzene rings is 1. The second-order valence-electron chi connectivity index (χ2n) is 6.15. The summed E-state index contributed by atoms with van der Waals surface area (Å²) in [6.45, 7) is 2.58. The Kier molecular flexibility index (Phi) is 5.28. The molecule has 0 bridgehead atoms. The molecule has 0 saturated carbocycles. The molecule has 0 fully saturated rings. The molecule has 146 valence electrons. The van der Waals surface area contributed by atoms with Crippen LogP contribution >= 0.6 is 22.9 Å². The van der Waals surface area contributed by atoms with E-state index in [1.165, 1.54) is 17.4 Å². The topological polar surface area (TPSA) is 88.9 Å². The van der Waals surface area contributed by atoms with Crippen molar-refractivity contribution in [1.82, 2.24) is 25.6 Å². The van der Waals surface area contributed by atoms with E-state index in [0.717, 1.165) is 4.88 Å². The van der Waals surface area contributed by atoms with Crippen LogP contribution in [-0.4, -0.2) is 26.6 Å². The van der Waals surface area contributed by atoms with Gasteiger partial charge in [-0.15, -0.1) is 11.3 Å². The van der Waals surface area contributed by atoms with Crippen LogP contribution in [0.4, 0.5) is 0 Å². The second-order valence-corrected chi connectivity index (χ2v) is 7.53. The predicted octanol–water partition coefficient (Wildman–Crippen LogP) is 3.91. The van der Waals surface area contributed by atoms with Crippen molar-refractivity contribution in [2.45, 2.75) is 13.5 Å². The lowest BCUT2D eigenvalue weighted by Gasteiger charge is -2.10. The molecule has 0 aliphatic heterocycles. The molecule has 0 aliphatic rings. The number of nitrogens with zero attached hydrogens (tertiary/aromatic N) is 3. The number of thiophene rings is 1. The highest BCUT2D eigenvalue weighted by Gasteiger charge is 2.18. The fraction of sp³-hybridized carbons (Fsp3) is 0.100. The summed E-state index contributed by atoms with van der Waals surface area (Å²) in [7, 11) is 0. The fourth-order valence-corrected chi connectivity index (χ4v) is 3.78. The van der Waals surface area contributed by atoms with Crippen LogP contribution < -0.4 is 10.9 Å². The number of carbonyl (C=O) groups excluding carboxylic acids is 2. The van der Waals surface area contributed by atoms with Crippen molar-refractivity contribution in [3.63, 3.8) is 0 Å². The average Bonchev–Trinajstić information content (AvgIpc) is 3.40. The number of hydrazine groups is 1. The van der Waals surface area contributed by atoms with Crippen molar-refractivity contribution < 1.29 is 9.59 Å². The molecule has 0 saturated heterocycles. The van der Waals surface area contributed by atoms with Gasteiger partial charge in [-0.2, -0.15) is 5.10 Å². The van der Waals surface area contributed by atoms with Gasteiger partial charge in [0, 0.05) is 17.1 Å². The van der Waals surface area contributed by atoms with Gasteiger partial charge in [-0.25, -0.2) is 9.67 Å². The van der Waals surface area contributed by atoms with Crippen LogP contribution in [0.1, 0.15) is 27.6 Å². The van der Waals surface area contributed by atoms with Crippen molar-refractivity contribution in [2.75, 3.05) is 0 Å². The number of hydrogen-bond donors (Lipinski definition) is 2. The van der Waals surface area contributed by atoms with Gasteiger partial charge in [0.25, 0.3) is 11.8 Å².